The van der Waals surface area contributed by atoms with Crippen LogP contribution in [0.25, 0.3) is 21.5 Å². The molecular formula is C32H42O8. The molecule has 0 N–H and O–H groups in total. The van der Waals surface area contributed by atoms with Crippen LogP contribution in [0.15, 0.2) is 36.4 Å². The van der Waals surface area contributed by atoms with Gasteiger partial charge in [0, 0.05) is 48.6 Å². The molecule has 2 unspecified atom stereocenters. The van der Waals surface area contributed by atoms with Gasteiger partial charge >= 0.3 is 11.9 Å². The van der Waals surface area contributed by atoms with Crippen LogP contribution >= 0.6 is 0 Å². The van der Waals surface area contributed by atoms with Gasteiger partial charge in [0.05, 0.1) is 13.2 Å². The number of esters is 2. The lowest BCUT2D eigenvalue weighted by Crippen LogP contribution is -2.29. The van der Waals surface area contributed by atoms with Gasteiger partial charge in [0.15, 0.2) is 12.2 Å². The van der Waals surface area contributed by atoms with Crippen molar-refractivity contribution in [2.75, 3.05) is 40.6 Å². The predicted octanol–water partition coefficient (Wildman–Crippen LogP) is 6.08. The minimum Gasteiger partial charge on any atom is -0.488 e. The van der Waals surface area contributed by atoms with Crippen molar-refractivity contribution in [3.8, 4) is 11.5 Å². The number of hydrogen-bond donors (Lipinski definition) is 0. The summed E-state index contributed by atoms with van der Waals surface area (Å²) >= 11 is 0. The summed E-state index contributed by atoms with van der Waals surface area (Å²) in [5, 5.41) is 3.46. The second kappa shape index (κ2) is 15.4. The van der Waals surface area contributed by atoms with Crippen LogP contribution in [0.2, 0.25) is 0 Å². The van der Waals surface area contributed by atoms with Crippen molar-refractivity contribution >= 4 is 33.5 Å². The van der Waals surface area contributed by atoms with Gasteiger partial charge in [-0.05, 0) is 38.8 Å². The zero-order valence-corrected chi connectivity index (χ0v) is 24.5. The molecule has 3 aromatic carbocycles. The standard InChI is InChI=1S/C32H42O8/c1-7-9-29(33)39-23(17-35-5)19-37-31-25-13-11-22(4)16-28(25)32(26-14-12-21(3)15-27(26)31)38-20-24(18-36-6)40-30(34)10-8-2/h11-16,23-24H,7-10,17-20H2,1-6H3. The predicted molar refractivity (Wildman–Crippen MR) is 155 cm³/mol. The Bertz CT molecular complexity index is 1190. The van der Waals surface area contributed by atoms with Crippen LogP contribution in [0.1, 0.15) is 50.7 Å². The number of methoxy groups -OCH3 is 2. The van der Waals surface area contributed by atoms with Crippen LogP contribution in [-0.2, 0) is 28.5 Å². The second-order valence-corrected chi connectivity index (χ2v) is 10.0. The van der Waals surface area contributed by atoms with E-state index >= 15 is 0 Å². The molecule has 0 aliphatic rings. The Morgan fingerprint density at radius 2 is 1.02 bits per heavy atom. The Morgan fingerprint density at radius 1 is 0.625 bits per heavy atom. The molecule has 8 heteroatoms. The number of benzene rings is 3. The third-order valence-electron chi connectivity index (χ3n) is 6.37. The molecule has 0 heterocycles. The Labute approximate surface area is 236 Å². The molecule has 0 aliphatic heterocycles. The van der Waals surface area contributed by atoms with Gasteiger partial charge in [-0.3, -0.25) is 9.59 Å². The van der Waals surface area contributed by atoms with Crippen LogP contribution in [0.4, 0.5) is 0 Å². The third-order valence-corrected chi connectivity index (χ3v) is 6.37. The van der Waals surface area contributed by atoms with E-state index < -0.39 is 12.2 Å². The summed E-state index contributed by atoms with van der Waals surface area (Å²) in [5.74, 6) is 0.805. The molecule has 0 aliphatic carbocycles. The van der Waals surface area contributed by atoms with Crippen molar-refractivity contribution in [3.63, 3.8) is 0 Å². The molecule has 0 fully saturated rings. The zero-order chi connectivity index (χ0) is 29.1. The summed E-state index contributed by atoms with van der Waals surface area (Å²) in [4.78, 5) is 24.4. The number of carbonyl (C=O) groups is 2. The highest BCUT2D eigenvalue weighted by atomic mass is 16.6. The number of rotatable bonds is 16. The maximum absolute atomic E-state index is 12.2. The van der Waals surface area contributed by atoms with E-state index in [0.717, 1.165) is 32.7 Å². The van der Waals surface area contributed by atoms with Crippen molar-refractivity contribution in [2.45, 2.75) is 65.6 Å². The van der Waals surface area contributed by atoms with Gasteiger partial charge in [0.25, 0.3) is 0 Å². The SMILES string of the molecule is CCCC(=O)OC(COC)COc1c2ccc(C)cc2c(OCC(COC)OC(=O)CCC)c2ccc(C)cc12. The lowest BCUT2D eigenvalue weighted by molar-refractivity contribution is -0.154. The molecule has 0 bridgehead atoms. The summed E-state index contributed by atoms with van der Waals surface area (Å²) in [5.41, 5.74) is 2.12. The molecule has 0 spiro atoms. The van der Waals surface area contributed by atoms with E-state index in [1.807, 2.05) is 52.0 Å². The van der Waals surface area contributed by atoms with E-state index in [1.165, 1.54) is 0 Å². The molecule has 3 rings (SSSR count). The summed E-state index contributed by atoms with van der Waals surface area (Å²) in [6.07, 6.45) is 0.999. The summed E-state index contributed by atoms with van der Waals surface area (Å²) in [6, 6.07) is 12.2. The minimum atomic E-state index is -0.548. The van der Waals surface area contributed by atoms with Crippen LogP contribution < -0.4 is 9.47 Å². The fraction of sp³-hybridized carbons (Fsp3) is 0.500. The van der Waals surface area contributed by atoms with Crippen molar-refractivity contribution in [1.29, 1.82) is 0 Å². The monoisotopic (exact) mass is 554 g/mol. The lowest BCUT2D eigenvalue weighted by atomic mass is 9.97. The van der Waals surface area contributed by atoms with Gasteiger partial charge in [0.1, 0.15) is 24.7 Å². The maximum atomic E-state index is 12.2. The van der Waals surface area contributed by atoms with E-state index in [-0.39, 0.29) is 38.4 Å². The Balaban J connectivity index is 2.03. The van der Waals surface area contributed by atoms with Gasteiger partial charge in [-0.2, -0.15) is 0 Å². The molecule has 0 aromatic heterocycles. The maximum Gasteiger partial charge on any atom is 0.306 e. The molecular weight excluding hydrogens is 512 g/mol. The fourth-order valence-electron chi connectivity index (χ4n) is 4.54. The first-order chi connectivity index (χ1) is 19.3. The summed E-state index contributed by atoms with van der Waals surface area (Å²) in [6.45, 7) is 8.63. The molecule has 3 aromatic rings. The first-order valence-electron chi connectivity index (χ1n) is 13.9. The first-order valence-corrected chi connectivity index (χ1v) is 13.9. The number of fused-ring (bicyclic) bond motifs is 2. The van der Waals surface area contributed by atoms with Crippen molar-refractivity contribution in [1.82, 2.24) is 0 Å². The number of carbonyl (C=O) groups excluding carboxylic acids is 2. The average molecular weight is 555 g/mol. The lowest BCUT2D eigenvalue weighted by Gasteiger charge is -2.23. The number of aryl methyl sites for hydroxylation is 2. The van der Waals surface area contributed by atoms with Crippen LogP contribution in [-0.4, -0.2) is 64.8 Å². The highest BCUT2D eigenvalue weighted by Gasteiger charge is 2.22. The van der Waals surface area contributed by atoms with E-state index in [1.54, 1.807) is 14.2 Å². The molecule has 40 heavy (non-hydrogen) atoms. The van der Waals surface area contributed by atoms with Gasteiger partial charge < -0.3 is 28.4 Å². The smallest absolute Gasteiger partial charge is 0.306 e. The van der Waals surface area contributed by atoms with Crippen molar-refractivity contribution < 1.29 is 38.0 Å². The quantitative estimate of drug-likeness (QED) is 0.155. The highest BCUT2D eigenvalue weighted by Crippen LogP contribution is 2.43. The van der Waals surface area contributed by atoms with E-state index in [4.69, 9.17) is 28.4 Å². The molecule has 0 saturated heterocycles. The van der Waals surface area contributed by atoms with Crippen LogP contribution in [0.3, 0.4) is 0 Å². The molecule has 0 radical (unpaired) electrons. The summed E-state index contributed by atoms with van der Waals surface area (Å²) < 4.78 is 34.7. The van der Waals surface area contributed by atoms with E-state index in [2.05, 4.69) is 12.1 Å². The highest BCUT2D eigenvalue weighted by molar-refractivity contribution is 6.11. The van der Waals surface area contributed by atoms with Gasteiger partial charge in [-0.25, -0.2) is 0 Å². The second-order valence-electron chi connectivity index (χ2n) is 10.0. The largest absolute Gasteiger partial charge is 0.488 e. The number of ether oxygens (including phenoxy) is 6. The van der Waals surface area contributed by atoms with Gasteiger partial charge in [-0.15, -0.1) is 0 Å². The summed E-state index contributed by atoms with van der Waals surface area (Å²) in [7, 11) is 3.14. The molecule has 8 nitrogen and oxygen atoms in total. The topological polar surface area (TPSA) is 89.5 Å². The van der Waals surface area contributed by atoms with Crippen LogP contribution in [0, 0.1) is 13.8 Å². The van der Waals surface area contributed by atoms with E-state index in [0.29, 0.717) is 37.2 Å². The van der Waals surface area contributed by atoms with E-state index in [9.17, 15) is 9.59 Å². The molecule has 2 atom stereocenters. The van der Waals surface area contributed by atoms with Gasteiger partial charge in [-0.1, -0.05) is 49.2 Å². The average Bonchev–Trinajstić information content (AvgIpc) is 2.90. The fourth-order valence-corrected chi connectivity index (χ4v) is 4.54. The van der Waals surface area contributed by atoms with Crippen LogP contribution in [0.5, 0.6) is 11.5 Å². The van der Waals surface area contributed by atoms with Gasteiger partial charge in [0.2, 0.25) is 0 Å². The third kappa shape index (κ3) is 8.32. The molecule has 218 valence electrons. The Kier molecular flexibility index (Phi) is 12.0. The van der Waals surface area contributed by atoms with Crippen molar-refractivity contribution in [2.24, 2.45) is 0 Å². The minimum absolute atomic E-state index is 0.138. The first kappa shape index (κ1) is 31.2. The zero-order valence-electron chi connectivity index (χ0n) is 24.5. The molecule has 0 amide bonds. The molecule has 0 saturated carbocycles. The Morgan fingerprint density at radius 3 is 1.38 bits per heavy atom. The number of hydrogen-bond acceptors (Lipinski definition) is 8. The van der Waals surface area contributed by atoms with Crippen molar-refractivity contribution in [3.05, 3.63) is 47.5 Å². The normalized spacial score (nSPS) is 12.8. The Hall–Kier alpha value is -3.36.